The topological polar surface area (TPSA) is 41.6 Å². The van der Waals surface area contributed by atoms with Crippen LogP contribution in [0, 0.1) is 11.6 Å². The van der Waals surface area contributed by atoms with Crippen LogP contribution in [0.3, 0.4) is 0 Å². The van der Waals surface area contributed by atoms with Gasteiger partial charge >= 0.3 is 6.03 Å². The number of hydrogen-bond acceptors (Lipinski definition) is 2. The van der Waals surface area contributed by atoms with E-state index in [0.29, 0.717) is 13.1 Å². The average molecular weight is 312 g/mol. The minimum Gasteiger partial charge on any atom is -0.372 e. The Morgan fingerprint density at radius 2 is 1.86 bits per heavy atom. The van der Waals surface area contributed by atoms with Crippen LogP contribution >= 0.6 is 0 Å². The molecular formula is C16H22F2N2O2. The zero-order chi connectivity index (χ0) is 16.3. The molecule has 0 bridgehead atoms. The van der Waals surface area contributed by atoms with E-state index in [4.69, 9.17) is 4.74 Å². The zero-order valence-corrected chi connectivity index (χ0v) is 13.1. The Morgan fingerprint density at radius 1 is 1.32 bits per heavy atom. The maximum absolute atomic E-state index is 13.6. The highest BCUT2D eigenvalue weighted by Crippen LogP contribution is 2.15. The molecule has 0 aliphatic carbocycles. The van der Waals surface area contributed by atoms with Crippen LogP contribution in [0.25, 0.3) is 0 Å². The smallest absolute Gasteiger partial charge is 0.317 e. The number of amides is 2. The molecule has 1 aromatic carbocycles. The molecule has 3 atom stereocenters. The van der Waals surface area contributed by atoms with Crippen LogP contribution in [0.5, 0.6) is 0 Å². The summed E-state index contributed by atoms with van der Waals surface area (Å²) in [6.07, 6.45) is 0.0716. The summed E-state index contributed by atoms with van der Waals surface area (Å²) in [5, 5.41) is 2.79. The van der Waals surface area contributed by atoms with E-state index in [-0.39, 0.29) is 36.3 Å². The van der Waals surface area contributed by atoms with Gasteiger partial charge in [0.15, 0.2) is 0 Å². The van der Waals surface area contributed by atoms with Gasteiger partial charge < -0.3 is 15.0 Å². The summed E-state index contributed by atoms with van der Waals surface area (Å²) in [5.74, 6) is -1.18. The van der Waals surface area contributed by atoms with Crippen LogP contribution in [0.15, 0.2) is 18.2 Å². The molecule has 1 heterocycles. The van der Waals surface area contributed by atoms with Gasteiger partial charge in [-0.3, -0.25) is 0 Å². The molecule has 1 N–H and O–H groups in total. The molecule has 0 unspecified atom stereocenters. The summed E-state index contributed by atoms with van der Waals surface area (Å²) < 4.78 is 32.8. The summed E-state index contributed by atoms with van der Waals surface area (Å²) in [5.41, 5.74) is -0.000913. The predicted molar refractivity (Wildman–Crippen MR) is 79.6 cm³/mol. The van der Waals surface area contributed by atoms with Crippen LogP contribution < -0.4 is 5.32 Å². The molecule has 22 heavy (non-hydrogen) atoms. The highest BCUT2D eigenvalue weighted by molar-refractivity contribution is 5.74. The Bertz CT molecular complexity index is 509. The number of rotatable bonds is 3. The number of ether oxygens (including phenoxy) is 1. The van der Waals surface area contributed by atoms with E-state index in [9.17, 15) is 13.6 Å². The van der Waals surface area contributed by atoms with Crippen LogP contribution in [-0.2, 0) is 11.2 Å². The monoisotopic (exact) mass is 312 g/mol. The van der Waals surface area contributed by atoms with Gasteiger partial charge in [-0.2, -0.15) is 0 Å². The first-order valence-corrected chi connectivity index (χ1v) is 7.50. The maximum atomic E-state index is 13.6. The Morgan fingerprint density at radius 3 is 2.41 bits per heavy atom. The number of halogens is 2. The minimum atomic E-state index is -0.588. The number of carbonyl (C=O) groups excluding carboxylic acids is 1. The second-order valence-electron chi connectivity index (χ2n) is 5.92. The third kappa shape index (κ3) is 4.16. The molecule has 2 rings (SSSR count). The first-order valence-electron chi connectivity index (χ1n) is 7.50. The molecule has 122 valence electrons. The molecule has 1 aliphatic rings. The fourth-order valence-electron chi connectivity index (χ4n) is 2.73. The van der Waals surface area contributed by atoms with Crippen molar-refractivity contribution in [3.05, 3.63) is 35.4 Å². The third-order valence-electron chi connectivity index (χ3n) is 3.65. The van der Waals surface area contributed by atoms with E-state index < -0.39 is 11.6 Å². The second-order valence-corrected chi connectivity index (χ2v) is 5.92. The van der Waals surface area contributed by atoms with Gasteiger partial charge in [-0.05, 0) is 39.3 Å². The normalized spacial score (nSPS) is 23.2. The standard InChI is InChI=1S/C16H22F2N2O2/c1-10(7-13-14(17)5-4-6-15(13)18)19-16(21)20-8-11(2)22-12(3)9-20/h4-6,10-12H,7-9H2,1-3H3,(H,19,21)/t10-,11+,12+/m0/s1. The largest absolute Gasteiger partial charge is 0.372 e. The molecule has 1 aromatic rings. The van der Waals surface area contributed by atoms with Crippen molar-refractivity contribution in [2.24, 2.45) is 0 Å². The number of nitrogens with one attached hydrogen (secondary N) is 1. The van der Waals surface area contributed by atoms with Gasteiger partial charge in [0.1, 0.15) is 11.6 Å². The Hall–Kier alpha value is -1.69. The summed E-state index contributed by atoms with van der Waals surface area (Å²) in [4.78, 5) is 13.9. The van der Waals surface area contributed by atoms with Crippen molar-refractivity contribution in [2.75, 3.05) is 13.1 Å². The van der Waals surface area contributed by atoms with E-state index >= 15 is 0 Å². The highest BCUT2D eigenvalue weighted by atomic mass is 19.1. The maximum Gasteiger partial charge on any atom is 0.317 e. The lowest BCUT2D eigenvalue weighted by Gasteiger charge is -2.35. The van der Waals surface area contributed by atoms with Gasteiger partial charge in [0.2, 0.25) is 0 Å². The van der Waals surface area contributed by atoms with Gasteiger partial charge in [-0.1, -0.05) is 6.07 Å². The quantitative estimate of drug-likeness (QED) is 0.932. The van der Waals surface area contributed by atoms with Crippen molar-refractivity contribution >= 4 is 6.03 Å². The van der Waals surface area contributed by atoms with E-state index in [0.717, 1.165) is 0 Å². The number of morpholine rings is 1. The number of nitrogens with zero attached hydrogens (tertiary/aromatic N) is 1. The minimum absolute atomic E-state index is 0.000913. The Labute approximate surface area is 129 Å². The van der Waals surface area contributed by atoms with Gasteiger partial charge in [0.25, 0.3) is 0 Å². The van der Waals surface area contributed by atoms with Gasteiger partial charge in [0, 0.05) is 24.7 Å². The van der Waals surface area contributed by atoms with Crippen LogP contribution in [0.4, 0.5) is 13.6 Å². The van der Waals surface area contributed by atoms with Gasteiger partial charge in [-0.15, -0.1) is 0 Å². The van der Waals surface area contributed by atoms with Crippen LogP contribution in [0.2, 0.25) is 0 Å². The highest BCUT2D eigenvalue weighted by Gasteiger charge is 2.26. The fourth-order valence-corrected chi connectivity index (χ4v) is 2.73. The predicted octanol–water partition coefficient (Wildman–Crippen LogP) is 2.71. The van der Waals surface area contributed by atoms with E-state index in [2.05, 4.69) is 5.32 Å². The van der Waals surface area contributed by atoms with Crippen molar-refractivity contribution < 1.29 is 18.3 Å². The third-order valence-corrected chi connectivity index (χ3v) is 3.65. The number of benzene rings is 1. The molecule has 1 saturated heterocycles. The van der Waals surface area contributed by atoms with E-state index in [1.807, 2.05) is 13.8 Å². The van der Waals surface area contributed by atoms with Crippen LogP contribution in [0.1, 0.15) is 26.3 Å². The fraction of sp³-hybridized carbons (Fsp3) is 0.562. The number of hydrogen-bond donors (Lipinski definition) is 1. The van der Waals surface area contributed by atoms with Crippen molar-refractivity contribution in [1.29, 1.82) is 0 Å². The SMILES string of the molecule is C[C@@H]1CN(C(=O)N[C@@H](C)Cc2c(F)cccc2F)C[C@@H](C)O1. The average Bonchev–Trinajstić information content (AvgIpc) is 2.42. The molecule has 4 nitrogen and oxygen atoms in total. The van der Waals surface area contributed by atoms with E-state index in [1.165, 1.54) is 18.2 Å². The van der Waals surface area contributed by atoms with Gasteiger partial charge in [0.05, 0.1) is 12.2 Å². The lowest BCUT2D eigenvalue weighted by Crippen LogP contribution is -2.53. The first kappa shape index (κ1) is 16.7. The summed E-state index contributed by atoms with van der Waals surface area (Å²) in [6, 6.07) is 3.17. The zero-order valence-electron chi connectivity index (χ0n) is 13.1. The van der Waals surface area contributed by atoms with Crippen molar-refractivity contribution in [3.63, 3.8) is 0 Å². The lowest BCUT2D eigenvalue weighted by molar-refractivity contribution is -0.0547. The van der Waals surface area contributed by atoms with Crippen molar-refractivity contribution in [1.82, 2.24) is 10.2 Å². The Kier molecular flexibility index (Phi) is 5.34. The molecule has 1 aliphatic heterocycles. The summed E-state index contributed by atoms with van der Waals surface area (Å²) >= 11 is 0. The Balaban J connectivity index is 1.94. The first-order chi connectivity index (χ1) is 10.4. The second kappa shape index (κ2) is 7.05. The van der Waals surface area contributed by atoms with Gasteiger partial charge in [-0.25, -0.2) is 13.6 Å². The number of urea groups is 1. The summed E-state index contributed by atoms with van der Waals surface area (Å²) in [7, 11) is 0. The van der Waals surface area contributed by atoms with Crippen molar-refractivity contribution in [2.45, 2.75) is 45.4 Å². The molecule has 0 radical (unpaired) electrons. The molecule has 0 aromatic heterocycles. The lowest BCUT2D eigenvalue weighted by atomic mass is 10.1. The molecular weight excluding hydrogens is 290 g/mol. The van der Waals surface area contributed by atoms with E-state index in [1.54, 1.807) is 11.8 Å². The molecule has 0 saturated carbocycles. The van der Waals surface area contributed by atoms with Crippen molar-refractivity contribution in [3.8, 4) is 0 Å². The molecule has 0 spiro atoms. The summed E-state index contributed by atoms with van der Waals surface area (Å²) in [6.45, 7) is 6.58. The molecule has 6 heteroatoms. The number of carbonyl (C=O) groups is 1. The molecule has 2 amide bonds. The molecule has 1 fully saturated rings. The van der Waals surface area contributed by atoms with Crippen LogP contribution in [-0.4, -0.2) is 42.3 Å².